The predicted molar refractivity (Wildman–Crippen MR) is 58.8 cm³/mol. The number of rotatable bonds is 3. The lowest BCUT2D eigenvalue weighted by Crippen LogP contribution is -1.97. The van der Waals surface area contributed by atoms with Gasteiger partial charge in [0.25, 0.3) is 0 Å². The summed E-state index contributed by atoms with van der Waals surface area (Å²) in [6.07, 6.45) is 1.69. The summed E-state index contributed by atoms with van der Waals surface area (Å²) >= 11 is 1.46. The molecule has 4 nitrogen and oxygen atoms in total. The summed E-state index contributed by atoms with van der Waals surface area (Å²) in [5.41, 5.74) is 0.987. The Morgan fingerprint density at radius 3 is 3.00 bits per heavy atom. The Balaban J connectivity index is 2.22. The standard InChI is InChI=1S/C10H8N2O2S/c13-9(14)7-2-1-3-8(6-7)12-10-11-4-5-15-10/h1-6H,(H,11,12)(H,13,14). The molecular formula is C10H8N2O2S. The molecule has 0 saturated carbocycles. The Bertz CT molecular complexity index is 468. The van der Waals surface area contributed by atoms with Crippen LogP contribution < -0.4 is 5.32 Å². The van der Waals surface area contributed by atoms with Crippen LogP contribution >= 0.6 is 11.3 Å². The first kappa shape index (κ1) is 9.67. The number of hydrogen-bond acceptors (Lipinski definition) is 4. The van der Waals surface area contributed by atoms with Crippen LogP contribution in [-0.2, 0) is 0 Å². The predicted octanol–water partition coefficient (Wildman–Crippen LogP) is 2.58. The molecule has 0 amide bonds. The van der Waals surface area contributed by atoms with Crippen molar-refractivity contribution >= 4 is 28.1 Å². The Kier molecular flexibility index (Phi) is 2.64. The van der Waals surface area contributed by atoms with Gasteiger partial charge in [-0.3, -0.25) is 0 Å². The second-order valence-corrected chi connectivity index (χ2v) is 3.74. The van der Waals surface area contributed by atoms with Gasteiger partial charge in [0, 0.05) is 17.3 Å². The van der Waals surface area contributed by atoms with Crippen LogP contribution in [0.5, 0.6) is 0 Å². The first-order valence-corrected chi connectivity index (χ1v) is 5.13. The maximum atomic E-state index is 10.7. The maximum absolute atomic E-state index is 10.7. The van der Waals surface area contributed by atoms with E-state index in [-0.39, 0.29) is 5.56 Å². The fourth-order valence-electron chi connectivity index (χ4n) is 1.14. The Morgan fingerprint density at radius 2 is 2.33 bits per heavy atom. The van der Waals surface area contributed by atoms with Gasteiger partial charge in [-0.05, 0) is 18.2 Å². The van der Waals surface area contributed by atoms with E-state index in [9.17, 15) is 4.79 Å². The van der Waals surface area contributed by atoms with Crippen LogP contribution in [0.3, 0.4) is 0 Å². The van der Waals surface area contributed by atoms with Gasteiger partial charge in [-0.15, -0.1) is 11.3 Å². The van der Waals surface area contributed by atoms with Crippen molar-refractivity contribution in [3.05, 3.63) is 41.4 Å². The van der Waals surface area contributed by atoms with Gasteiger partial charge in [0.05, 0.1) is 5.56 Å². The molecule has 2 N–H and O–H groups in total. The fraction of sp³-hybridized carbons (Fsp3) is 0. The monoisotopic (exact) mass is 220 g/mol. The smallest absolute Gasteiger partial charge is 0.335 e. The Labute approximate surface area is 90.2 Å². The van der Waals surface area contributed by atoms with E-state index in [4.69, 9.17) is 5.11 Å². The normalized spacial score (nSPS) is 9.87. The summed E-state index contributed by atoms with van der Waals surface area (Å²) in [5, 5.41) is 14.4. The molecule has 2 rings (SSSR count). The second-order valence-electron chi connectivity index (χ2n) is 2.85. The van der Waals surface area contributed by atoms with E-state index >= 15 is 0 Å². The first-order valence-electron chi connectivity index (χ1n) is 4.25. The molecule has 5 heteroatoms. The van der Waals surface area contributed by atoms with Crippen molar-refractivity contribution in [3.63, 3.8) is 0 Å². The number of nitrogens with zero attached hydrogens (tertiary/aromatic N) is 1. The SMILES string of the molecule is O=C(O)c1cccc(Nc2nccs2)c1. The van der Waals surface area contributed by atoms with Crippen LogP contribution in [0, 0.1) is 0 Å². The highest BCUT2D eigenvalue weighted by atomic mass is 32.1. The van der Waals surface area contributed by atoms with Gasteiger partial charge < -0.3 is 10.4 Å². The molecule has 1 aromatic heterocycles. The van der Waals surface area contributed by atoms with Crippen molar-refractivity contribution in [2.75, 3.05) is 5.32 Å². The van der Waals surface area contributed by atoms with E-state index in [0.717, 1.165) is 10.8 Å². The molecule has 0 atom stereocenters. The zero-order valence-electron chi connectivity index (χ0n) is 7.68. The highest BCUT2D eigenvalue weighted by Crippen LogP contribution is 2.19. The number of hydrogen-bond donors (Lipinski definition) is 2. The molecular weight excluding hydrogens is 212 g/mol. The quantitative estimate of drug-likeness (QED) is 0.834. The fourth-order valence-corrected chi connectivity index (χ4v) is 1.69. The van der Waals surface area contributed by atoms with Crippen LogP contribution in [0.4, 0.5) is 10.8 Å². The van der Waals surface area contributed by atoms with E-state index in [2.05, 4.69) is 10.3 Å². The van der Waals surface area contributed by atoms with E-state index in [1.165, 1.54) is 11.3 Å². The summed E-state index contributed by atoms with van der Waals surface area (Å²) in [7, 11) is 0. The van der Waals surface area contributed by atoms with Crippen molar-refractivity contribution in [2.45, 2.75) is 0 Å². The van der Waals surface area contributed by atoms with Crippen molar-refractivity contribution in [1.82, 2.24) is 4.98 Å². The van der Waals surface area contributed by atoms with Crippen LogP contribution in [0.15, 0.2) is 35.8 Å². The number of aromatic nitrogens is 1. The molecule has 15 heavy (non-hydrogen) atoms. The third-order valence-corrected chi connectivity index (χ3v) is 2.48. The number of aromatic carboxylic acids is 1. The highest BCUT2D eigenvalue weighted by Gasteiger charge is 2.03. The number of anilines is 2. The van der Waals surface area contributed by atoms with Gasteiger partial charge in [-0.25, -0.2) is 9.78 Å². The minimum Gasteiger partial charge on any atom is -0.478 e. The second kappa shape index (κ2) is 4.10. The van der Waals surface area contributed by atoms with Crippen molar-refractivity contribution in [3.8, 4) is 0 Å². The third-order valence-electron chi connectivity index (χ3n) is 1.79. The zero-order chi connectivity index (χ0) is 10.7. The summed E-state index contributed by atoms with van der Waals surface area (Å²) in [6.45, 7) is 0. The minimum atomic E-state index is -0.933. The lowest BCUT2D eigenvalue weighted by molar-refractivity contribution is 0.0697. The molecule has 2 aromatic rings. The third kappa shape index (κ3) is 2.32. The average molecular weight is 220 g/mol. The van der Waals surface area contributed by atoms with Gasteiger partial charge in [0.15, 0.2) is 5.13 Å². The minimum absolute atomic E-state index is 0.261. The first-order chi connectivity index (χ1) is 7.25. The summed E-state index contributed by atoms with van der Waals surface area (Å²) in [6, 6.07) is 6.62. The van der Waals surface area contributed by atoms with E-state index in [1.807, 2.05) is 5.38 Å². The lowest BCUT2D eigenvalue weighted by Gasteiger charge is -2.02. The molecule has 0 aliphatic rings. The molecule has 0 unspecified atom stereocenters. The van der Waals surface area contributed by atoms with Gasteiger partial charge >= 0.3 is 5.97 Å². The zero-order valence-corrected chi connectivity index (χ0v) is 8.49. The molecule has 0 fully saturated rings. The topological polar surface area (TPSA) is 62.2 Å². The number of nitrogens with one attached hydrogen (secondary N) is 1. The molecule has 0 radical (unpaired) electrons. The molecule has 1 aromatic carbocycles. The molecule has 0 aliphatic heterocycles. The summed E-state index contributed by atoms with van der Waals surface area (Å²) in [5.74, 6) is -0.933. The van der Waals surface area contributed by atoms with Crippen LogP contribution in [-0.4, -0.2) is 16.1 Å². The number of carbonyl (C=O) groups is 1. The van der Waals surface area contributed by atoms with Crippen LogP contribution in [0.1, 0.15) is 10.4 Å². The number of carboxylic acid groups (broad SMARTS) is 1. The molecule has 0 saturated heterocycles. The van der Waals surface area contributed by atoms with Gasteiger partial charge in [-0.2, -0.15) is 0 Å². The molecule has 0 bridgehead atoms. The summed E-state index contributed by atoms with van der Waals surface area (Å²) in [4.78, 5) is 14.8. The van der Waals surface area contributed by atoms with Crippen LogP contribution in [0.25, 0.3) is 0 Å². The summed E-state index contributed by atoms with van der Waals surface area (Å²) < 4.78 is 0. The van der Waals surface area contributed by atoms with Gasteiger partial charge in [0.1, 0.15) is 0 Å². The maximum Gasteiger partial charge on any atom is 0.335 e. The largest absolute Gasteiger partial charge is 0.478 e. The van der Waals surface area contributed by atoms with Crippen LogP contribution in [0.2, 0.25) is 0 Å². The Morgan fingerprint density at radius 1 is 1.47 bits per heavy atom. The molecule has 76 valence electrons. The Hall–Kier alpha value is -1.88. The number of benzene rings is 1. The van der Waals surface area contributed by atoms with Crippen molar-refractivity contribution in [2.24, 2.45) is 0 Å². The molecule has 0 aliphatic carbocycles. The van der Waals surface area contributed by atoms with Crippen molar-refractivity contribution in [1.29, 1.82) is 0 Å². The van der Waals surface area contributed by atoms with Crippen molar-refractivity contribution < 1.29 is 9.90 Å². The number of carboxylic acids is 1. The lowest BCUT2D eigenvalue weighted by atomic mass is 10.2. The molecule has 0 spiro atoms. The van der Waals surface area contributed by atoms with E-state index in [0.29, 0.717) is 0 Å². The van der Waals surface area contributed by atoms with E-state index < -0.39 is 5.97 Å². The van der Waals surface area contributed by atoms with Gasteiger partial charge in [-0.1, -0.05) is 6.07 Å². The highest BCUT2D eigenvalue weighted by molar-refractivity contribution is 7.13. The number of thiazole rings is 1. The average Bonchev–Trinajstić information content (AvgIpc) is 2.71. The van der Waals surface area contributed by atoms with Gasteiger partial charge in [0.2, 0.25) is 0 Å². The molecule has 1 heterocycles. The van der Waals surface area contributed by atoms with E-state index in [1.54, 1.807) is 30.5 Å².